The fraction of sp³-hybridized carbons (Fsp3) is 0.556. The predicted octanol–water partition coefficient (Wildman–Crippen LogP) is -0.854. The lowest BCUT2D eigenvalue weighted by Gasteiger charge is -2.28. The average molecular weight is 197 g/mol. The lowest BCUT2D eigenvalue weighted by Crippen LogP contribution is -2.40. The second kappa shape index (κ2) is 4.33. The van der Waals surface area contributed by atoms with Gasteiger partial charge in [0, 0.05) is 5.57 Å². The van der Waals surface area contributed by atoms with Gasteiger partial charge in [-0.2, -0.15) is 5.26 Å². The Hall–Kier alpha value is -1.22. The van der Waals surface area contributed by atoms with Gasteiger partial charge in [-0.15, -0.1) is 0 Å². The summed E-state index contributed by atoms with van der Waals surface area (Å²) < 4.78 is 5.02. The van der Waals surface area contributed by atoms with E-state index in [9.17, 15) is 9.90 Å². The van der Waals surface area contributed by atoms with Crippen LogP contribution in [0.1, 0.15) is 6.92 Å². The summed E-state index contributed by atoms with van der Waals surface area (Å²) in [5.74, 6) is -0.313. The molecule has 0 aromatic rings. The number of aliphatic hydroxyl groups excluding tert-OH is 2. The summed E-state index contributed by atoms with van der Waals surface area (Å²) in [4.78, 5) is 11.0. The summed E-state index contributed by atoms with van der Waals surface area (Å²) in [5.41, 5.74) is 0.143. The standard InChI is InChI=1S/C9H11NO4/c1-5(12)6-2-7(13)9(4-11)14-8(6)3-10/h2,7-9,11,13H,4H2,1H3/t7-,8+,9+/m0/s1. The Morgan fingerprint density at radius 2 is 2.43 bits per heavy atom. The van der Waals surface area contributed by atoms with Crippen LogP contribution in [-0.2, 0) is 9.53 Å². The maximum atomic E-state index is 11.0. The Morgan fingerprint density at radius 1 is 1.79 bits per heavy atom. The van der Waals surface area contributed by atoms with Gasteiger partial charge in [-0.1, -0.05) is 0 Å². The molecule has 0 fully saturated rings. The number of rotatable bonds is 2. The van der Waals surface area contributed by atoms with Crippen molar-refractivity contribution in [3.05, 3.63) is 11.6 Å². The molecule has 14 heavy (non-hydrogen) atoms. The largest absolute Gasteiger partial charge is 0.394 e. The van der Waals surface area contributed by atoms with Crippen molar-refractivity contribution in [1.29, 1.82) is 5.26 Å². The monoisotopic (exact) mass is 197 g/mol. The number of Topliss-reactive ketones (excluding diaryl/α,β-unsaturated/α-hetero) is 1. The number of nitriles is 1. The quantitative estimate of drug-likeness (QED) is 0.601. The third-order valence-corrected chi connectivity index (χ3v) is 2.03. The molecule has 1 heterocycles. The summed E-state index contributed by atoms with van der Waals surface area (Å²) >= 11 is 0. The Balaban J connectivity index is 2.94. The predicted molar refractivity (Wildman–Crippen MR) is 46.1 cm³/mol. The highest BCUT2D eigenvalue weighted by atomic mass is 16.5. The molecule has 1 aliphatic rings. The van der Waals surface area contributed by atoms with Gasteiger partial charge in [0.2, 0.25) is 0 Å². The molecule has 0 unspecified atom stereocenters. The Bertz CT molecular complexity index is 304. The molecule has 3 atom stereocenters. The van der Waals surface area contributed by atoms with Crippen LogP contribution in [0.15, 0.2) is 11.6 Å². The van der Waals surface area contributed by atoms with E-state index >= 15 is 0 Å². The van der Waals surface area contributed by atoms with Crippen molar-refractivity contribution in [2.24, 2.45) is 0 Å². The van der Waals surface area contributed by atoms with Crippen LogP contribution in [-0.4, -0.2) is 40.9 Å². The van der Waals surface area contributed by atoms with Crippen LogP contribution < -0.4 is 0 Å². The first-order valence-electron chi connectivity index (χ1n) is 4.16. The Kier molecular flexibility index (Phi) is 3.36. The summed E-state index contributed by atoms with van der Waals surface area (Å²) in [7, 11) is 0. The first-order valence-corrected chi connectivity index (χ1v) is 4.16. The van der Waals surface area contributed by atoms with Crippen molar-refractivity contribution in [2.75, 3.05) is 6.61 Å². The molecule has 0 amide bonds. The number of ether oxygens (including phenoxy) is 1. The number of hydrogen-bond donors (Lipinski definition) is 2. The molecule has 0 saturated carbocycles. The zero-order valence-corrected chi connectivity index (χ0v) is 7.67. The lowest BCUT2D eigenvalue weighted by atomic mass is 9.99. The topological polar surface area (TPSA) is 90.6 Å². The van der Waals surface area contributed by atoms with Gasteiger partial charge in [-0.25, -0.2) is 0 Å². The van der Waals surface area contributed by atoms with Crippen molar-refractivity contribution in [3.8, 4) is 6.07 Å². The van der Waals surface area contributed by atoms with Gasteiger partial charge in [0.25, 0.3) is 0 Å². The zero-order chi connectivity index (χ0) is 10.7. The highest BCUT2D eigenvalue weighted by Gasteiger charge is 2.32. The van der Waals surface area contributed by atoms with Gasteiger partial charge in [0.05, 0.1) is 12.7 Å². The molecule has 5 nitrogen and oxygen atoms in total. The summed E-state index contributed by atoms with van der Waals surface area (Å²) in [5, 5.41) is 26.8. The minimum atomic E-state index is -1.04. The molecule has 0 radical (unpaired) electrons. The normalized spacial score (nSPS) is 31.9. The minimum Gasteiger partial charge on any atom is -0.394 e. The first kappa shape index (κ1) is 10.9. The number of carbonyl (C=O) groups excluding carboxylic acids is 1. The van der Waals surface area contributed by atoms with E-state index in [4.69, 9.17) is 15.1 Å². The lowest BCUT2D eigenvalue weighted by molar-refractivity contribution is -0.118. The third kappa shape index (κ3) is 1.99. The third-order valence-electron chi connectivity index (χ3n) is 2.03. The molecule has 0 aromatic carbocycles. The van der Waals surface area contributed by atoms with Crippen LogP contribution in [0.2, 0.25) is 0 Å². The van der Waals surface area contributed by atoms with Crippen molar-refractivity contribution >= 4 is 5.78 Å². The maximum Gasteiger partial charge on any atom is 0.172 e. The highest BCUT2D eigenvalue weighted by Crippen LogP contribution is 2.19. The van der Waals surface area contributed by atoms with Crippen LogP contribution >= 0.6 is 0 Å². The number of aliphatic hydroxyl groups is 2. The van der Waals surface area contributed by atoms with Gasteiger partial charge in [0.1, 0.15) is 12.2 Å². The second-order valence-electron chi connectivity index (χ2n) is 3.04. The minimum absolute atomic E-state index is 0.143. The number of hydrogen-bond acceptors (Lipinski definition) is 5. The summed E-state index contributed by atoms with van der Waals surface area (Å²) in [6, 6.07) is 1.79. The van der Waals surface area contributed by atoms with Crippen LogP contribution in [0.3, 0.4) is 0 Å². The van der Waals surface area contributed by atoms with E-state index in [-0.39, 0.29) is 18.0 Å². The van der Waals surface area contributed by atoms with Crippen molar-refractivity contribution in [1.82, 2.24) is 0 Å². The molecule has 1 rings (SSSR count). The number of ketones is 1. The number of nitrogens with zero attached hydrogens (tertiary/aromatic N) is 1. The van der Waals surface area contributed by atoms with E-state index in [2.05, 4.69) is 0 Å². The smallest absolute Gasteiger partial charge is 0.172 e. The second-order valence-corrected chi connectivity index (χ2v) is 3.04. The first-order chi connectivity index (χ1) is 6.60. The molecule has 5 heteroatoms. The molecule has 2 N–H and O–H groups in total. The molecule has 1 aliphatic heterocycles. The van der Waals surface area contributed by atoms with E-state index in [0.717, 1.165) is 0 Å². The Labute approximate surface area is 81.2 Å². The Morgan fingerprint density at radius 3 is 2.86 bits per heavy atom. The molecule has 76 valence electrons. The van der Waals surface area contributed by atoms with Crippen molar-refractivity contribution in [2.45, 2.75) is 25.2 Å². The van der Waals surface area contributed by atoms with Gasteiger partial charge in [0.15, 0.2) is 11.9 Å². The van der Waals surface area contributed by atoms with Gasteiger partial charge in [-0.05, 0) is 13.0 Å². The average Bonchev–Trinajstić information content (AvgIpc) is 2.17. The SMILES string of the molecule is CC(=O)C1=C[C@H](O)[C@@H](CO)O[C@@H]1C#N. The van der Waals surface area contributed by atoms with Gasteiger partial charge in [-0.3, -0.25) is 4.79 Å². The summed E-state index contributed by atoms with van der Waals surface area (Å²) in [6.07, 6.45) is -1.60. The van der Waals surface area contributed by atoms with E-state index in [1.54, 1.807) is 6.07 Å². The van der Waals surface area contributed by atoms with Crippen LogP contribution in [0.25, 0.3) is 0 Å². The zero-order valence-electron chi connectivity index (χ0n) is 7.67. The molecule has 0 saturated heterocycles. The van der Waals surface area contributed by atoms with Gasteiger partial charge < -0.3 is 14.9 Å². The van der Waals surface area contributed by atoms with Crippen molar-refractivity contribution < 1.29 is 19.7 Å². The van der Waals surface area contributed by atoms with Crippen LogP contribution in [0.4, 0.5) is 0 Å². The number of carbonyl (C=O) groups is 1. The fourth-order valence-electron chi connectivity index (χ4n) is 1.26. The molecule has 0 spiro atoms. The van der Waals surface area contributed by atoms with E-state index < -0.39 is 18.3 Å². The highest BCUT2D eigenvalue weighted by molar-refractivity contribution is 5.95. The van der Waals surface area contributed by atoms with E-state index in [1.807, 2.05) is 0 Å². The van der Waals surface area contributed by atoms with Crippen LogP contribution in [0, 0.1) is 11.3 Å². The van der Waals surface area contributed by atoms with Crippen LogP contribution in [0.5, 0.6) is 0 Å². The van der Waals surface area contributed by atoms with Crippen molar-refractivity contribution in [3.63, 3.8) is 0 Å². The molecule has 0 aromatic heterocycles. The molecule has 0 aliphatic carbocycles. The fourth-order valence-corrected chi connectivity index (χ4v) is 1.26. The van der Waals surface area contributed by atoms with Gasteiger partial charge >= 0.3 is 0 Å². The molecule has 0 bridgehead atoms. The summed E-state index contributed by atoms with van der Waals surface area (Å²) in [6.45, 7) is 0.909. The van der Waals surface area contributed by atoms with E-state index in [0.29, 0.717) is 0 Å². The molecular weight excluding hydrogens is 186 g/mol. The maximum absolute atomic E-state index is 11.0. The van der Waals surface area contributed by atoms with E-state index in [1.165, 1.54) is 13.0 Å². The molecular formula is C9H11NO4.